The summed E-state index contributed by atoms with van der Waals surface area (Å²) in [6, 6.07) is 10.1. The fourth-order valence-corrected chi connectivity index (χ4v) is 4.07. The van der Waals surface area contributed by atoms with Crippen LogP contribution in [0.4, 0.5) is 17.3 Å². The highest BCUT2D eigenvalue weighted by atomic mass is 16.2. The van der Waals surface area contributed by atoms with Crippen molar-refractivity contribution in [3.05, 3.63) is 42.2 Å². The summed E-state index contributed by atoms with van der Waals surface area (Å²) in [4.78, 5) is 25.7. The molecule has 142 valence electrons. The number of rotatable bonds is 4. The number of piperidine rings is 1. The van der Waals surface area contributed by atoms with Crippen LogP contribution in [0, 0.1) is 5.92 Å². The minimum absolute atomic E-state index is 0.0777. The largest absolute Gasteiger partial charge is 0.361 e. The third-order valence-electron chi connectivity index (χ3n) is 5.47. The molecule has 6 heteroatoms. The molecule has 2 aromatic rings. The first kappa shape index (κ1) is 17.8. The third kappa shape index (κ3) is 4.04. The van der Waals surface area contributed by atoms with Gasteiger partial charge in [0, 0.05) is 31.4 Å². The molecule has 4 rings (SSSR count). The van der Waals surface area contributed by atoms with Crippen LogP contribution < -0.4 is 15.1 Å². The number of nitrogens with zero attached hydrogens (tertiary/aromatic N) is 4. The number of aromatic nitrogens is 2. The number of hydrogen-bond donors (Lipinski definition) is 1. The Hall–Kier alpha value is -2.63. The van der Waals surface area contributed by atoms with Crippen molar-refractivity contribution in [2.75, 3.05) is 41.3 Å². The van der Waals surface area contributed by atoms with Crippen molar-refractivity contribution in [1.29, 1.82) is 0 Å². The summed E-state index contributed by atoms with van der Waals surface area (Å²) in [5, 5.41) is 3.19. The molecule has 6 nitrogen and oxygen atoms in total. The van der Waals surface area contributed by atoms with Crippen LogP contribution in [0.15, 0.2) is 36.7 Å². The molecule has 1 saturated heterocycles. The number of fused-ring (bicyclic) bond motifs is 1. The molecule has 1 amide bonds. The third-order valence-corrected chi connectivity index (χ3v) is 5.47. The fourth-order valence-electron chi connectivity index (χ4n) is 4.07. The van der Waals surface area contributed by atoms with Crippen molar-refractivity contribution in [3.63, 3.8) is 0 Å². The Morgan fingerprint density at radius 2 is 2.11 bits per heavy atom. The number of anilines is 3. The van der Waals surface area contributed by atoms with Crippen molar-refractivity contribution in [1.82, 2.24) is 9.97 Å². The maximum absolute atomic E-state index is 12.8. The molecule has 2 aliphatic heterocycles. The van der Waals surface area contributed by atoms with Gasteiger partial charge in [0.15, 0.2) is 0 Å². The van der Waals surface area contributed by atoms with Crippen molar-refractivity contribution in [3.8, 4) is 0 Å². The van der Waals surface area contributed by atoms with E-state index >= 15 is 0 Å². The summed E-state index contributed by atoms with van der Waals surface area (Å²) in [6.07, 6.45) is 6.10. The topological polar surface area (TPSA) is 61.4 Å². The predicted molar refractivity (Wildman–Crippen MR) is 108 cm³/mol. The number of benzene rings is 1. The van der Waals surface area contributed by atoms with Gasteiger partial charge >= 0.3 is 0 Å². The number of amides is 1. The molecule has 1 N–H and O–H groups in total. The Bertz CT molecular complexity index is 809. The molecule has 1 aromatic carbocycles. The maximum Gasteiger partial charge on any atom is 0.246 e. The number of para-hydroxylation sites is 1. The minimum atomic E-state index is 0.0777. The first-order valence-corrected chi connectivity index (χ1v) is 9.90. The second kappa shape index (κ2) is 7.94. The number of carbonyl (C=O) groups excluding carboxylic acids is 1. The summed E-state index contributed by atoms with van der Waals surface area (Å²) in [5.41, 5.74) is 2.29. The van der Waals surface area contributed by atoms with E-state index in [0.717, 1.165) is 44.0 Å². The number of aryl methyl sites for hydroxylation is 1. The van der Waals surface area contributed by atoms with Crippen LogP contribution in [0.1, 0.15) is 31.7 Å². The van der Waals surface area contributed by atoms with Gasteiger partial charge in [-0.2, -0.15) is 0 Å². The summed E-state index contributed by atoms with van der Waals surface area (Å²) in [5.74, 6) is 2.41. The van der Waals surface area contributed by atoms with E-state index in [9.17, 15) is 4.79 Å². The van der Waals surface area contributed by atoms with Gasteiger partial charge in [0.1, 0.15) is 18.0 Å². The molecule has 0 saturated carbocycles. The van der Waals surface area contributed by atoms with Gasteiger partial charge in [-0.05, 0) is 43.2 Å². The van der Waals surface area contributed by atoms with E-state index in [1.165, 1.54) is 18.4 Å². The van der Waals surface area contributed by atoms with Crippen LogP contribution >= 0.6 is 0 Å². The average molecular weight is 365 g/mol. The van der Waals surface area contributed by atoms with E-state index in [1.54, 1.807) is 6.33 Å². The average Bonchev–Trinajstić information content (AvgIpc) is 2.72. The lowest BCUT2D eigenvalue weighted by atomic mass is 10.0. The summed E-state index contributed by atoms with van der Waals surface area (Å²) >= 11 is 0. The van der Waals surface area contributed by atoms with Gasteiger partial charge in [0.2, 0.25) is 5.91 Å². The van der Waals surface area contributed by atoms with Crippen LogP contribution in [0.3, 0.4) is 0 Å². The highest BCUT2D eigenvalue weighted by molar-refractivity contribution is 5.97. The monoisotopic (exact) mass is 365 g/mol. The molecular weight excluding hydrogens is 338 g/mol. The molecule has 2 aliphatic rings. The van der Waals surface area contributed by atoms with Gasteiger partial charge in [0.25, 0.3) is 0 Å². The van der Waals surface area contributed by atoms with Gasteiger partial charge in [-0.15, -0.1) is 0 Å². The normalized spacial score (nSPS) is 19.5. The zero-order valence-electron chi connectivity index (χ0n) is 15.9. The predicted octanol–water partition coefficient (Wildman–Crippen LogP) is 3.10. The number of carbonyl (C=O) groups is 1. The highest BCUT2D eigenvalue weighted by Crippen LogP contribution is 2.27. The molecule has 0 radical (unpaired) electrons. The van der Waals surface area contributed by atoms with Crippen LogP contribution in [0.2, 0.25) is 0 Å². The Morgan fingerprint density at radius 1 is 1.22 bits per heavy atom. The van der Waals surface area contributed by atoms with E-state index in [0.29, 0.717) is 11.7 Å². The van der Waals surface area contributed by atoms with Gasteiger partial charge < -0.3 is 15.1 Å². The van der Waals surface area contributed by atoms with Crippen molar-refractivity contribution >= 4 is 23.2 Å². The molecule has 3 heterocycles. The minimum Gasteiger partial charge on any atom is -0.361 e. The lowest BCUT2D eigenvalue weighted by Gasteiger charge is -2.32. The summed E-state index contributed by atoms with van der Waals surface area (Å²) in [7, 11) is 0. The molecule has 27 heavy (non-hydrogen) atoms. The van der Waals surface area contributed by atoms with Crippen LogP contribution in [0.25, 0.3) is 0 Å². The second-order valence-corrected chi connectivity index (χ2v) is 7.59. The van der Waals surface area contributed by atoms with Crippen molar-refractivity contribution in [2.24, 2.45) is 5.92 Å². The lowest BCUT2D eigenvalue weighted by molar-refractivity contribution is -0.117. The second-order valence-electron chi connectivity index (χ2n) is 7.59. The standard InChI is InChI=1S/C21H27N5O/c1-16-6-4-10-25(14-16)20-12-19(23-15-24-20)22-13-21(27)26-11-5-8-17-7-2-3-9-18(17)26/h2-3,7,9,12,15-16H,4-6,8,10-11,13-14H2,1H3,(H,22,23,24). The van der Waals surface area contributed by atoms with E-state index in [2.05, 4.69) is 33.2 Å². The first-order chi connectivity index (χ1) is 13.2. The van der Waals surface area contributed by atoms with Crippen LogP contribution in [-0.4, -0.2) is 42.1 Å². The quantitative estimate of drug-likeness (QED) is 0.902. The van der Waals surface area contributed by atoms with Gasteiger partial charge in [-0.25, -0.2) is 9.97 Å². The first-order valence-electron chi connectivity index (χ1n) is 9.90. The fraction of sp³-hybridized carbons (Fsp3) is 0.476. The molecule has 1 atom stereocenters. The SMILES string of the molecule is CC1CCCN(c2cc(NCC(=O)N3CCCc4ccccc43)ncn2)C1. The Morgan fingerprint density at radius 3 is 3.00 bits per heavy atom. The van der Waals surface area contributed by atoms with Crippen LogP contribution in [0.5, 0.6) is 0 Å². The number of hydrogen-bond acceptors (Lipinski definition) is 5. The molecular formula is C21H27N5O. The van der Waals surface area contributed by atoms with E-state index in [4.69, 9.17) is 0 Å². The zero-order chi connectivity index (χ0) is 18.6. The van der Waals surface area contributed by atoms with E-state index in [1.807, 2.05) is 29.2 Å². The molecule has 0 aliphatic carbocycles. The molecule has 0 spiro atoms. The summed E-state index contributed by atoms with van der Waals surface area (Å²) in [6.45, 7) is 5.35. The van der Waals surface area contributed by atoms with Crippen LogP contribution in [-0.2, 0) is 11.2 Å². The van der Waals surface area contributed by atoms with Gasteiger partial charge in [-0.3, -0.25) is 4.79 Å². The van der Waals surface area contributed by atoms with Crippen molar-refractivity contribution < 1.29 is 4.79 Å². The maximum atomic E-state index is 12.8. The Balaban J connectivity index is 1.41. The Labute approximate surface area is 160 Å². The van der Waals surface area contributed by atoms with E-state index in [-0.39, 0.29) is 12.5 Å². The smallest absolute Gasteiger partial charge is 0.246 e. The highest BCUT2D eigenvalue weighted by Gasteiger charge is 2.22. The molecule has 1 fully saturated rings. The Kier molecular flexibility index (Phi) is 5.23. The summed E-state index contributed by atoms with van der Waals surface area (Å²) < 4.78 is 0. The van der Waals surface area contributed by atoms with Crippen molar-refractivity contribution in [2.45, 2.75) is 32.6 Å². The molecule has 1 aromatic heterocycles. The lowest BCUT2D eigenvalue weighted by Crippen LogP contribution is -2.39. The van der Waals surface area contributed by atoms with Gasteiger partial charge in [0.05, 0.1) is 6.54 Å². The number of nitrogens with one attached hydrogen (secondary N) is 1. The van der Waals surface area contributed by atoms with E-state index < -0.39 is 0 Å². The van der Waals surface area contributed by atoms with Gasteiger partial charge in [-0.1, -0.05) is 25.1 Å². The molecule has 0 bridgehead atoms. The zero-order valence-corrected chi connectivity index (χ0v) is 15.9. The molecule has 1 unspecified atom stereocenters.